The molecule has 0 saturated heterocycles. The van der Waals surface area contributed by atoms with Gasteiger partial charge < -0.3 is 5.11 Å². The lowest BCUT2D eigenvalue weighted by atomic mass is 9.51. The molecule has 2 saturated carbocycles. The Morgan fingerprint density at radius 1 is 1.12 bits per heavy atom. The number of hydrogen-bond donors (Lipinski definition) is 1. The fourth-order valence-corrected chi connectivity index (χ4v) is 4.69. The average Bonchev–Trinajstić information content (AvgIpc) is 2.28. The Morgan fingerprint density at radius 3 is 2.50 bits per heavy atom. The quantitative estimate of drug-likeness (QED) is 0.751. The molecule has 1 nitrogen and oxygen atoms in total. The van der Waals surface area contributed by atoms with E-state index >= 15 is 0 Å². The molecule has 5 atom stereocenters. The fraction of sp³-hybridized carbons (Fsp3) is 1.00. The Bertz CT molecular complexity index is 238. The summed E-state index contributed by atoms with van der Waals surface area (Å²) >= 11 is 0. The summed E-state index contributed by atoms with van der Waals surface area (Å²) in [6.45, 7) is 7.20. The summed E-state index contributed by atoms with van der Waals surface area (Å²) in [5.74, 6) is 2.58. The lowest BCUT2D eigenvalue weighted by molar-refractivity contribution is -0.0780. The molecule has 0 radical (unpaired) electrons. The molecule has 2 rings (SSSR count). The van der Waals surface area contributed by atoms with Crippen LogP contribution in [0.25, 0.3) is 0 Å². The van der Waals surface area contributed by atoms with Gasteiger partial charge in [0.1, 0.15) is 0 Å². The minimum Gasteiger partial charge on any atom is -0.393 e. The highest BCUT2D eigenvalue weighted by atomic mass is 16.3. The van der Waals surface area contributed by atoms with Gasteiger partial charge in [-0.3, -0.25) is 0 Å². The zero-order valence-corrected chi connectivity index (χ0v) is 11.2. The van der Waals surface area contributed by atoms with Crippen molar-refractivity contribution in [2.75, 3.05) is 0 Å². The summed E-state index contributed by atoms with van der Waals surface area (Å²) in [6.07, 6.45) is 8.84. The van der Waals surface area contributed by atoms with Crippen LogP contribution >= 0.6 is 0 Å². The highest BCUT2D eigenvalue weighted by Crippen LogP contribution is 2.57. The second-order valence-electron chi connectivity index (χ2n) is 6.39. The maximum Gasteiger partial charge on any atom is 0.0543 e. The van der Waals surface area contributed by atoms with E-state index in [0.717, 1.165) is 30.6 Å². The molecule has 0 aromatic heterocycles. The molecule has 0 spiro atoms. The summed E-state index contributed by atoms with van der Waals surface area (Å²) in [5.41, 5.74) is 0.535. The van der Waals surface area contributed by atoms with Crippen molar-refractivity contribution < 1.29 is 5.11 Å². The number of aliphatic hydroxyl groups excluding tert-OH is 1. The van der Waals surface area contributed by atoms with Crippen molar-refractivity contribution in [3.63, 3.8) is 0 Å². The summed E-state index contributed by atoms with van der Waals surface area (Å²) in [6, 6.07) is 0. The van der Waals surface area contributed by atoms with Crippen LogP contribution in [0.4, 0.5) is 0 Å². The van der Waals surface area contributed by atoms with E-state index < -0.39 is 0 Å². The number of aliphatic hydroxyl groups is 1. The SMILES string of the molecule is CCC1CCC(CC)C2(C)CCC(O)CC12. The van der Waals surface area contributed by atoms with E-state index in [1.54, 1.807) is 0 Å². The zero-order valence-electron chi connectivity index (χ0n) is 11.2. The van der Waals surface area contributed by atoms with Crippen LogP contribution in [0.5, 0.6) is 0 Å². The summed E-state index contributed by atoms with van der Waals surface area (Å²) < 4.78 is 0. The monoisotopic (exact) mass is 224 g/mol. The maximum absolute atomic E-state index is 9.93. The van der Waals surface area contributed by atoms with E-state index in [1.807, 2.05) is 0 Å². The highest BCUT2D eigenvalue weighted by molar-refractivity contribution is 4.99. The van der Waals surface area contributed by atoms with Gasteiger partial charge in [-0.25, -0.2) is 0 Å². The zero-order chi connectivity index (χ0) is 11.8. The molecule has 0 amide bonds. The second-order valence-corrected chi connectivity index (χ2v) is 6.39. The van der Waals surface area contributed by atoms with Crippen LogP contribution in [0.1, 0.15) is 65.7 Å². The van der Waals surface area contributed by atoms with Gasteiger partial charge in [-0.1, -0.05) is 33.6 Å². The van der Waals surface area contributed by atoms with E-state index in [-0.39, 0.29) is 6.10 Å². The lowest BCUT2D eigenvalue weighted by Crippen LogP contribution is -2.48. The molecular weight excluding hydrogens is 196 g/mol. The summed E-state index contributed by atoms with van der Waals surface area (Å²) in [4.78, 5) is 0. The molecule has 2 aliphatic rings. The van der Waals surface area contributed by atoms with Gasteiger partial charge in [-0.15, -0.1) is 0 Å². The predicted octanol–water partition coefficient (Wildman–Crippen LogP) is 4.00. The first-order valence-electron chi connectivity index (χ1n) is 7.29. The Kier molecular flexibility index (Phi) is 3.63. The normalized spacial score (nSPS) is 48.8. The van der Waals surface area contributed by atoms with Crippen LogP contribution in [-0.2, 0) is 0 Å². The average molecular weight is 224 g/mol. The minimum atomic E-state index is -0.0114. The molecule has 0 heterocycles. The van der Waals surface area contributed by atoms with Gasteiger partial charge in [0, 0.05) is 0 Å². The van der Waals surface area contributed by atoms with Crippen LogP contribution in [0.2, 0.25) is 0 Å². The van der Waals surface area contributed by atoms with Crippen molar-refractivity contribution >= 4 is 0 Å². The molecule has 2 aliphatic carbocycles. The molecule has 16 heavy (non-hydrogen) atoms. The topological polar surface area (TPSA) is 20.2 Å². The summed E-state index contributed by atoms with van der Waals surface area (Å²) in [7, 11) is 0. The second kappa shape index (κ2) is 4.68. The molecular formula is C15H28O. The minimum absolute atomic E-state index is 0.0114. The largest absolute Gasteiger partial charge is 0.393 e. The first kappa shape index (κ1) is 12.4. The smallest absolute Gasteiger partial charge is 0.0543 e. The fourth-order valence-electron chi connectivity index (χ4n) is 4.69. The molecule has 0 aromatic carbocycles. The standard InChI is InChI=1S/C15H28O/c1-4-11-6-7-12(5-2)15(3)9-8-13(16)10-14(11)15/h11-14,16H,4-10H2,1-3H3. The third-order valence-electron chi connectivity index (χ3n) is 5.79. The third kappa shape index (κ3) is 1.92. The van der Waals surface area contributed by atoms with Crippen molar-refractivity contribution in [3.8, 4) is 0 Å². The van der Waals surface area contributed by atoms with Gasteiger partial charge in [0.05, 0.1) is 6.10 Å². The third-order valence-corrected chi connectivity index (χ3v) is 5.79. The lowest BCUT2D eigenvalue weighted by Gasteiger charge is -2.55. The summed E-state index contributed by atoms with van der Waals surface area (Å²) in [5, 5.41) is 9.93. The Balaban J connectivity index is 2.20. The number of hydrogen-bond acceptors (Lipinski definition) is 1. The molecule has 94 valence electrons. The number of fused-ring (bicyclic) bond motifs is 1. The Labute approximate surface area is 101 Å². The molecule has 0 aliphatic heterocycles. The van der Waals surface area contributed by atoms with E-state index in [1.165, 1.54) is 32.1 Å². The van der Waals surface area contributed by atoms with Crippen LogP contribution in [0.3, 0.4) is 0 Å². The van der Waals surface area contributed by atoms with E-state index in [0.29, 0.717) is 5.41 Å². The first-order valence-corrected chi connectivity index (χ1v) is 7.29. The molecule has 5 unspecified atom stereocenters. The van der Waals surface area contributed by atoms with Gasteiger partial charge in [-0.05, 0) is 55.3 Å². The first-order chi connectivity index (χ1) is 7.61. The molecule has 0 aromatic rings. The Morgan fingerprint density at radius 2 is 1.88 bits per heavy atom. The van der Waals surface area contributed by atoms with Crippen molar-refractivity contribution in [1.82, 2.24) is 0 Å². The van der Waals surface area contributed by atoms with Crippen LogP contribution < -0.4 is 0 Å². The van der Waals surface area contributed by atoms with Gasteiger partial charge in [-0.2, -0.15) is 0 Å². The van der Waals surface area contributed by atoms with Gasteiger partial charge >= 0.3 is 0 Å². The molecule has 2 fully saturated rings. The molecule has 0 bridgehead atoms. The van der Waals surface area contributed by atoms with Crippen LogP contribution in [0.15, 0.2) is 0 Å². The van der Waals surface area contributed by atoms with E-state index in [2.05, 4.69) is 20.8 Å². The maximum atomic E-state index is 9.93. The predicted molar refractivity (Wildman–Crippen MR) is 68.3 cm³/mol. The number of rotatable bonds is 2. The van der Waals surface area contributed by atoms with Gasteiger partial charge in [0.25, 0.3) is 0 Å². The van der Waals surface area contributed by atoms with Crippen LogP contribution in [-0.4, -0.2) is 11.2 Å². The molecule has 1 N–H and O–H groups in total. The Hall–Kier alpha value is -0.0400. The van der Waals surface area contributed by atoms with Crippen molar-refractivity contribution in [3.05, 3.63) is 0 Å². The van der Waals surface area contributed by atoms with Gasteiger partial charge in [0.2, 0.25) is 0 Å². The van der Waals surface area contributed by atoms with Crippen molar-refractivity contribution in [2.45, 2.75) is 71.8 Å². The van der Waals surface area contributed by atoms with Gasteiger partial charge in [0.15, 0.2) is 0 Å². The van der Waals surface area contributed by atoms with Crippen molar-refractivity contribution in [2.24, 2.45) is 23.2 Å². The highest BCUT2D eigenvalue weighted by Gasteiger charge is 2.49. The van der Waals surface area contributed by atoms with Crippen LogP contribution in [0, 0.1) is 23.2 Å². The van der Waals surface area contributed by atoms with Crippen molar-refractivity contribution in [1.29, 1.82) is 0 Å². The van der Waals surface area contributed by atoms with E-state index in [4.69, 9.17) is 0 Å². The van der Waals surface area contributed by atoms with E-state index in [9.17, 15) is 5.11 Å². The molecule has 1 heteroatoms.